The second-order valence-electron chi connectivity index (χ2n) is 6.83. The number of nitrogens with zero attached hydrogens (tertiary/aromatic N) is 1. The molecule has 4 N–H and O–H groups in total. The highest BCUT2D eigenvalue weighted by molar-refractivity contribution is 5.89. The maximum absolute atomic E-state index is 12.3. The molecule has 0 aliphatic carbocycles. The quantitative estimate of drug-likeness (QED) is 0.534. The van der Waals surface area contributed by atoms with Gasteiger partial charge in [-0.05, 0) is 25.0 Å². The van der Waals surface area contributed by atoms with Gasteiger partial charge >= 0.3 is 0 Å². The van der Waals surface area contributed by atoms with Gasteiger partial charge in [0, 0.05) is 19.6 Å². The summed E-state index contributed by atoms with van der Waals surface area (Å²) in [5, 5.41) is 24.0. The van der Waals surface area contributed by atoms with Crippen molar-refractivity contribution in [1.29, 1.82) is 0 Å². The lowest BCUT2D eigenvalue weighted by Gasteiger charge is -2.36. The van der Waals surface area contributed by atoms with Crippen molar-refractivity contribution in [1.82, 2.24) is 15.5 Å². The summed E-state index contributed by atoms with van der Waals surface area (Å²) in [6.07, 6.45) is -0.0205. The molecule has 0 bridgehead atoms. The molecular weight excluding hydrogens is 322 g/mol. The Morgan fingerprint density at radius 1 is 1.36 bits per heavy atom. The molecule has 138 valence electrons. The van der Waals surface area contributed by atoms with Gasteiger partial charge < -0.3 is 20.8 Å². The smallest absolute Gasteiger partial charge is 0.237 e. The van der Waals surface area contributed by atoms with Crippen molar-refractivity contribution < 1.29 is 19.8 Å². The normalized spacial score (nSPS) is 18.7. The number of aryl methyl sites for hydroxylation is 1. The van der Waals surface area contributed by atoms with Crippen molar-refractivity contribution in [2.45, 2.75) is 38.4 Å². The average molecular weight is 349 g/mol. The molecule has 2 amide bonds. The number of hydrogen-bond donors (Lipinski definition) is 4. The molecule has 1 aliphatic heterocycles. The van der Waals surface area contributed by atoms with E-state index >= 15 is 0 Å². The number of carbonyl (C=O) groups is 2. The summed E-state index contributed by atoms with van der Waals surface area (Å²) in [4.78, 5) is 26.6. The Balaban J connectivity index is 2.08. The van der Waals surface area contributed by atoms with E-state index in [0.29, 0.717) is 19.6 Å². The minimum Gasteiger partial charge on any atom is -0.394 e. The van der Waals surface area contributed by atoms with Crippen LogP contribution in [0.15, 0.2) is 24.3 Å². The van der Waals surface area contributed by atoms with E-state index in [0.717, 1.165) is 11.1 Å². The fourth-order valence-electron chi connectivity index (χ4n) is 2.87. The highest BCUT2D eigenvalue weighted by atomic mass is 16.3. The zero-order chi connectivity index (χ0) is 18.4. The van der Waals surface area contributed by atoms with Gasteiger partial charge in [0.2, 0.25) is 11.8 Å². The third-order valence-electron chi connectivity index (χ3n) is 4.59. The van der Waals surface area contributed by atoms with Crippen LogP contribution in [-0.2, 0) is 16.1 Å². The van der Waals surface area contributed by atoms with Crippen LogP contribution in [0.25, 0.3) is 0 Å². The summed E-state index contributed by atoms with van der Waals surface area (Å²) in [6, 6.07) is 7.40. The lowest BCUT2D eigenvalue weighted by Crippen LogP contribution is -2.58. The summed E-state index contributed by atoms with van der Waals surface area (Å²) in [6.45, 7) is 4.63. The van der Waals surface area contributed by atoms with Crippen molar-refractivity contribution in [2.75, 3.05) is 26.3 Å². The Labute approximate surface area is 148 Å². The Hall–Kier alpha value is -1.96. The van der Waals surface area contributed by atoms with Gasteiger partial charge in [0.05, 0.1) is 31.2 Å². The SMILES string of the molecule is Cc1ccccc1CN1CCNC(=O)C1CC(=O)NC(C)(CO)CO. The minimum atomic E-state index is -1.09. The molecule has 1 aromatic carbocycles. The van der Waals surface area contributed by atoms with Gasteiger partial charge in [-0.1, -0.05) is 24.3 Å². The summed E-state index contributed by atoms with van der Waals surface area (Å²) in [7, 11) is 0. The van der Waals surface area contributed by atoms with E-state index in [-0.39, 0.29) is 31.4 Å². The van der Waals surface area contributed by atoms with Gasteiger partial charge in [0.25, 0.3) is 0 Å². The van der Waals surface area contributed by atoms with Crippen LogP contribution in [-0.4, -0.2) is 64.8 Å². The summed E-state index contributed by atoms with van der Waals surface area (Å²) < 4.78 is 0. The van der Waals surface area contributed by atoms with Gasteiger partial charge in [-0.2, -0.15) is 0 Å². The first kappa shape index (κ1) is 19.4. The van der Waals surface area contributed by atoms with Crippen molar-refractivity contribution >= 4 is 11.8 Å². The number of benzene rings is 1. The van der Waals surface area contributed by atoms with Gasteiger partial charge in [0.1, 0.15) is 0 Å². The maximum Gasteiger partial charge on any atom is 0.237 e. The zero-order valence-electron chi connectivity index (χ0n) is 14.8. The molecule has 1 heterocycles. The van der Waals surface area contributed by atoms with Crippen LogP contribution < -0.4 is 10.6 Å². The molecule has 0 aromatic heterocycles. The number of amides is 2. The van der Waals surface area contributed by atoms with Gasteiger partial charge in [-0.15, -0.1) is 0 Å². The molecule has 1 aromatic rings. The molecule has 1 saturated heterocycles. The number of carbonyl (C=O) groups excluding carboxylic acids is 2. The fourth-order valence-corrected chi connectivity index (χ4v) is 2.87. The van der Waals surface area contributed by atoms with Crippen molar-refractivity contribution in [3.05, 3.63) is 35.4 Å². The van der Waals surface area contributed by atoms with Crippen LogP contribution in [0.3, 0.4) is 0 Å². The lowest BCUT2D eigenvalue weighted by atomic mass is 10.0. The molecule has 1 aliphatic rings. The number of nitrogens with one attached hydrogen (secondary N) is 2. The van der Waals surface area contributed by atoms with E-state index < -0.39 is 11.6 Å². The molecule has 1 unspecified atom stereocenters. The van der Waals surface area contributed by atoms with Crippen LogP contribution in [0, 0.1) is 6.92 Å². The Bertz CT molecular complexity index is 616. The topological polar surface area (TPSA) is 102 Å². The second kappa shape index (κ2) is 8.42. The van der Waals surface area contributed by atoms with E-state index in [4.69, 9.17) is 0 Å². The fraction of sp³-hybridized carbons (Fsp3) is 0.556. The van der Waals surface area contributed by atoms with Crippen LogP contribution in [0.1, 0.15) is 24.5 Å². The molecule has 0 spiro atoms. The first-order valence-electron chi connectivity index (χ1n) is 8.47. The summed E-state index contributed by atoms with van der Waals surface area (Å²) in [5.74, 6) is -0.549. The Morgan fingerprint density at radius 2 is 2.04 bits per heavy atom. The van der Waals surface area contributed by atoms with E-state index in [1.54, 1.807) is 6.92 Å². The summed E-state index contributed by atoms with van der Waals surface area (Å²) in [5.41, 5.74) is 1.17. The molecule has 0 saturated carbocycles. The van der Waals surface area contributed by atoms with E-state index in [1.807, 2.05) is 36.1 Å². The largest absolute Gasteiger partial charge is 0.394 e. The number of aliphatic hydroxyl groups is 2. The van der Waals surface area contributed by atoms with Gasteiger partial charge in [-0.3, -0.25) is 14.5 Å². The molecule has 2 rings (SSSR count). The minimum absolute atomic E-state index is 0.0205. The molecule has 25 heavy (non-hydrogen) atoms. The maximum atomic E-state index is 12.3. The molecule has 7 nitrogen and oxygen atoms in total. The number of rotatable bonds is 7. The van der Waals surface area contributed by atoms with E-state index in [2.05, 4.69) is 10.6 Å². The number of piperazine rings is 1. The van der Waals surface area contributed by atoms with Crippen LogP contribution in [0.5, 0.6) is 0 Å². The molecule has 7 heteroatoms. The highest BCUT2D eigenvalue weighted by Crippen LogP contribution is 2.17. The standard InChI is InChI=1S/C18H27N3O4/c1-13-5-3-4-6-14(13)10-21-8-7-19-17(25)15(21)9-16(24)20-18(2,11-22)12-23/h3-6,15,22-23H,7-12H2,1-2H3,(H,19,25)(H,20,24). The van der Waals surface area contributed by atoms with Crippen molar-refractivity contribution in [3.8, 4) is 0 Å². The average Bonchev–Trinajstić information content (AvgIpc) is 2.59. The highest BCUT2D eigenvalue weighted by Gasteiger charge is 2.33. The number of hydrogen-bond acceptors (Lipinski definition) is 5. The first-order chi connectivity index (χ1) is 11.9. The van der Waals surface area contributed by atoms with Gasteiger partial charge in [-0.25, -0.2) is 0 Å². The predicted octanol–water partition coefficient (Wildman–Crippen LogP) is -0.455. The third kappa shape index (κ3) is 5.01. The predicted molar refractivity (Wildman–Crippen MR) is 93.7 cm³/mol. The Morgan fingerprint density at radius 3 is 2.68 bits per heavy atom. The van der Waals surface area contributed by atoms with Crippen molar-refractivity contribution in [2.24, 2.45) is 0 Å². The Kier molecular flexibility index (Phi) is 6.52. The van der Waals surface area contributed by atoms with Gasteiger partial charge in [0.15, 0.2) is 0 Å². The van der Waals surface area contributed by atoms with E-state index in [9.17, 15) is 19.8 Å². The van der Waals surface area contributed by atoms with Crippen LogP contribution >= 0.6 is 0 Å². The first-order valence-corrected chi connectivity index (χ1v) is 8.47. The monoisotopic (exact) mass is 349 g/mol. The zero-order valence-corrected chi connectivity index (χ0v) is 14.8. The molecular formula is C18H27N3O4. The van der Waals surface area contributed by atoms with Crippen LogP contribution in [0.4, 0.5) is 0 Å². The van der Waals surface area contributed by atoms with Crippen molar-refractivity contribution in [3.63, 3.8) is 0 Å². The third-order valence-corrected chi connectivity index (χ3v) is 4.59. The summed E-state index contributed by atoms with van der Waals surface area (Å²) >= 11 is 0. The molecule has 0 radical (unpaired) electrons. The molecule has 1 fully saturated rings. The van der Waals surface area contributed by atoms with Crippen LogP contribution in [0.2, 0.25) is 0 Å². The lowest BCUT2D eigenvalue weighted by molar-refractivity contribution is -0.135. The second-order valence-corrected chi connectivity index (χ2v) is 6.83. The van der Waals surface area contributed by atoms with E-state index in [1.165, 1.54) is 0 Å². The number of aliphatic hydroxyl groups excluding tert-OH is 2. The molecule has 1 atom stereocenters.